The van der Waals surface area contributed by atoms with E-state index in [0.29, 0.717) is 32.0 Å². The molecule has 6 nitrogen and oxygen atoms in total. The van der Waals surface area contributed by atoms with Gasteiger partial charge in [-0.2, -0.15) is 0 Å². The van der Waals surface area contributed by atoms with Crippen LogP contribution in [0.25, 0.3) is 0 Å². The van der Waals surface area contributed by atoms with Crippen LogP contribution in [0.1, 0.15) is 5.56 Å². The molecule has 0 saturated heterocycles. The summed E-state index contributed by atoms with van der Waals surface area (Å²) in [5.41, 5.74) is 1.10. The molecule has 8 heteroatoms. The number of rotatable bonds is 10. The van der Waals surface area contributed by atoms with Gasteiger partial charge in [-0.1, -0.05) is 12.1 Å². The van der Waals surface area contributed by atoms with E-state index in [1.54, 1.807) is 19.2 Å². The van der Waals surface area contributed by atoms with Gasteiger partial charge in [0.15, 0.2) is 0 Å². The lowest BCUT2D eigenvalue weighted by Gasteiger charge is -2.09. The summed E-state index contributed by atoms with van der Waals surface area (Å²) in [5, 5.41) is 3.08. The Hall–Kier alpha value is -1.64. The van der Waals surface area contributed by atoms with Crippen molar-refractivity contribution in [1.82, 2.24) is 10.0 Å². The number of nitrogens with one attached hydrogen (secondary N) is 2. The largest absolute Gasteiger partial charge is 0.457 e. The van der Waals surface area contributed by atoms with Crippen molar-refractivity contribution >= 4 is 22.4 Å². The lowest BCUT2D eigenvalue weighted by Crippen LogP contribution is -2.33. The molecule has 0 amide bonds. The van der Waals surface area contributed by atoms with Gasteiger partial charge < -0.3 is 14.8 Å². The molecule has 0 radical (unpaired) electrons. The van der Waals surface area contributed by atoms with Crippen LogP contribution in [-0.4, -0.2) is 41.8 Å². The summed E-state index contributed by atoms with van der Waals surface area (Å²) in [7, 11) is -1.90. The third kappa shape index (κ3) is 7.31. The van der Waals surface area contributed by atoms with Crippen LogP contribution in [0.15, 0.2) is 53.4 Å². The standard InChI is InChI=1S/C18H24N2O4S.ClH/c1-15-4-3-5-17(14-15)24-16-6-8-18(9-7-16)25(21,22)20-11-10-19-12-13-23-2;/h3-9,14,19-20H,10-13H2,1-2H3;1H. The first-order valence-electron chi connectivity index (χ1n) is 8.05. The molecule has 2 aromatic carbocycles. The van der Waals surface area contributed by atoms with Crippen LogP contribution >= 0.6 is 12.4 Å². The number of ether oxygens (including phenoxy) is 2. The summed E-state index contributed by atoms with van der Waals surface area (Å²) in [4.78, 5) is 0.209. The van der Waals surface area contributed by atoms with Gasteiger partial charge in [-0.05, 0) is 48.9 Å². The number of halogens is 1. The zero-order chi connectivity index (χ0) is 18.1. The lowest BCUT2D eigenvalue weighted by molar-refractivity contribution is 0.199. The van der Waals surface area contributed by atoms with Crippen LogP contribution in [0.2, 0.25) is 0 Å². The highest BCUT2D eigenvalue weighted by Crippen LogP contribution is 2.23. The third-order valence-electron chi connectivity index (χ3n) is 3.44. The zero-order valence-electron chi connectivity index (χ0n) is 14.9. The molecule has 0 unspecified atom stereocenters. The summed E-state index contributed by atoms with van der Waals surface area (Å²) in [6.45, 7) is 4.11. The molecule has 2 N–H and O–H groups in total. The first kappa shape index (κ1) is 22.4. The molecule has 0 saturated carbocycles. The molecule has 0 fully saturated rings. The predicted molar refractivity (Wildman–Crippen MR) is 105 cm³/mol. The maximum atomic E-state index is 12.2. The minimum Gasteiger partial charge on any atom is -0.457 e. The molecule has 0 spiro atoms. The Morgan fingerprint density at radius 1 is 0.962 bits per heavy atom. The number of hydrogen-bond acceptors (Lipinski definition) is 5. The Morgan fingerprint density at radius 3 is 2.35 bits per heavy atom. The smallest absolute Gasteiger partial charge is 0.240 e. The van der Waals surface area contributed by atoms with Gasteiger partial charge in [-0.25, -0.2) is 13.1 Å². The second-order valence-corrected chi connectivity index (χ2v) is 7.30. The maximum absolute atomic E-state index is 12.2. The van der Waals surface area contributed by atoms with E-state index in [0.717, 1.165) is 11.3 Å². The summed E-state index contributed by atoms with van der Waals surface area (Å²) in [6.07, 6.45) is 0. The van der Waals surface area contributed by atoms with E-state index in [-0.39, 0.29) is 17.3 Å². The highest BCUT2D eigenvalue weighted by atomic mass is 35.5. The molecule has 2 aromatic rings. The minimum atomic E-state index is -3.53. The van der Waals surface area contributed by atoms with Crippen molar-refractivity contribution in [3.05, 3.63) is 54.1 Å². The van der Waals surface area contributed by atoms with Gasteiger partial charge in [0, 0.05) is 26.7 Å². The Balaban J connectivity index is 0.00000338. The van der Waals surface area contributed by atoms with Gasteiger partial charge >= 0.3 is 0 Å². The molecule has 0 aromatic heterocycles. The van der Waals surface area contributed by atoms with E-state index in [4.69, 9.17) is 9.47 Å². The van der Waals surface area contributed by atoms with Crippen molar-refractivity contribution < 1.29 is 17.9 Å². The average molecular weight is 401 g/mol. The molecule has 0 aliphatic heterocycles. The molecule has 2 rings (SSSR count). The fourth-order valence-corrected chi connectivity index (χ4v) is 3.19. The van der Waals surface area contributed by atoms with Crippen LogP contribution in [0.3, 0.4) is 0 Å². The van der Waals surface area contributed by atoms with Gasteiger partial charge in [-0.3, -0.25) is 0 Å². The van der Waals surface area contributed by atoms with Gasteiger partial charge in [-0.15, -0.1) is 12.4 Å². The van der Waals surface area contributed by atoms with Crippen LogP contribution < -0.4 is 14.8 Å². The number of aryl methyl sites for hydroxylation is 1. The Kier molecular flexibility index (Phi) is 9.61. The first-order valence-corrected chi connectivity index (χ1v) is 9.53. The molecule has 26 heavy (non-hydrogen) atoms. The Bertz CT molecular complexity index is 767. The van der Waals surface area contributed by atoms with E-state index in [1.807, 2.05) is 31.2 Å². The monoisotopic (exact) mass is 400 g/mol. The molecule has 0 atom stereocenters. The highest BCUT2D eigenvalue weighted by Gasteiger charge is 2.13. The van der Waals surface area contributed by atoms with Crippen molar-refractivity contribution in [1.29, 1.82) is 0 Å². The molecule has 0 heterocycles. The highest BCUT2D eigenvalue weighted by molar-refractivity contribution is 7.89. The quantitative estimate of drug-likeness (QED) is 0.600. The summed E-state index contributed by atoms with van der Waals surface area (Å²) < 4.78 is 37.7. The molecule has 144 valence electrons. The summed E-state index contributed by atoms with van der Waals surface area (Å²) in [5.74, 6) is 1.31. The van der Waals surface area contributed by atoms with E-state index in [2.05, 4.69) is 10.0 Å². The second kappa shape index (κ2) is 11.2. The van der Waals surface area contributed by atoms with Gasteiger partial charge in [0.1, 0.15) is 11.5 Å². The molecule has 0 bridgehead atoms. The minimum absolute atomic E-state index is 0. The van der Waals surface area contributed by atoms with Crippen LogP contribution in [0.4, 0.5) is 0 Å². The average Bonchev–Trinajstić information content (AvgIpc) is 2.58. The van der Waals surface area contributed by atoms with Crippen LogP contribution in [0, 0.1) is 6.92 Å². The summed E-state index contributed by atoms with van der Waals surface area (Å²) >= 11 is 0. The van der Waals surface area contributed by atoms with E-state index < -0.39 is 10.0 Å². The number of sulfonamides is 1. The molecule has 0 aliphatic carbocycles. The van der Waals surface area contributed by atoms with Gasteiger partial charge in [0.05, 0.1) is 11.5 Å². The summed E-state index contributed by atoms with van der Waals surface area (Å²) in [6, 6.07) is 14.0. The topological polar surface area (TPSA) is 76.7 Å². The van der Waals surface area contributed by atoms with Crippen molar-refractivity contribution in [3.63, 3.8) is 0 Å². The van der Waals surface area contributed by atoms with Gasteiger partial charge in [0.2, 0.25) is 10.0 Å². The van der Waals surface area contributed by atoms with Crippen LogP contribution in [-0.2, 0) is 14.8 Å². The Labute approximate surface area is 161 Å². The first-order chi connectivity index (χ1) is 12.0. The lowest BCUT2D eigenvalue weighted by atomic mass is 10.2. The number of benzene rings is 2. The second-order valence-electron chi connectivity index (χ2n) is 5.53. The fourth-order valence-electron chi connectivity index (χ4n) is 2.16. The van der Waals surface area contributed by atoms with Crippen molar-refractivity contribution in [3.8, 4) is 11.5 Å². The van der Waals surface area contributed by atoms with E-state index >= 15 is 0 Å². The number of hydrogen-bond donors (Lipinski definition) is 2. The zero-order valence-corrected chi connectivity index (χ0v) is 16.5. The number of methoxy groups -OCH3 is 1. The van der Waals surface area contributed by atoms with Crippen molar-refractivity contribution in [2.75, 3.05) is 33.4 Å². The molecule has 0 aliphatic rings. The van der Waals surface area contributed by atoms with Crippen molar-refractivity contribution in [2.24, 2.45) is 0 Å². The predicted octanol–water partition coefficient (Wildman–Crippen LogP) is 2.72. The Morgan fingerprint density at radius 2 is 1.69 bits per heavy atom. The SMILES string of the molecule is COCCNCCNS(=O)(=O)c1ccc(Oc2cccc(C)c2)cc1.Cl. The van der Waals surface area contributed by atoms with E-state index in [1.165, 1.54) is 12.1 Å². The van der Waals surface area contributed by atoms with Crippen LogP contribution in [0.5, 0.6) is 11.5 Å². The normalized spacial score (nSPS) is 11.0. The third-order valence-corrected chi connectivity index (χ3v) is 4.91. The van der Waals surface area contributed by atoms with Crippen molar-refractivity contribution in [2.45, 2.75) is 11.8 Å². The molecular weight excluding hydrogens is 376 g/mol. The maximum Gasteiger partial charge on any atom is 0.240 e. The van der Waals surface area contributed by atoms with Gasteiger partial charge in [0.25, 0.3) is 0 Å². The molecular formula is C18H25ClN2O4S. The van der Waals surface area contributed by atoms with E-state index in [9.17, 15) is 8.42 Å². The fraction of sp³-hybridized carbons (Fsp3) is 0.333.